The van der Waals surface area contributed by atoms with Gasteiger partial charge in [-0.25, -0.2) is 15.0 Å². The minimum atomic E-state index is 0.598. The van der Waals surface area contributed by atoms with Gasteiger partial charge >= 0.3 is 0 Å². The first-order valence-corrected chi connectivity index (χ1v) is 17.8. The Morgan fingerprint density at radius 1 is 0.302 bits per heavy atom. The summed E-state index contributed by atoms with van der Waals surface area (Å²) in [6, 6.07) is 61.7. The molecule has 246 valence electrons. The molecule has 0 saturated heterocycles. The summed E-state index contributed by atoms with van der Waals surface area (Å²) in [5.74, 6) is 1.84. The lowest BCUT2D eigenvalue weighted by molar-refractivity contribution is 0.669. The van der Waals surface area contributed by atoms with E-state index in [1.165, 1.54) is 32.3 Å². The molecule has 0 saturated carbocycles. The molecule has 0 unspecified atom stereocenters. The molecule has 0 N–H and O–H groups in total. The van der Waals surface area contributed by atoms with E-state index >= 15 is 0 Å². The molecule has 0 aliphatic rings. The standard InChI is InChI=1S/C49H29N3O/c1-2-9-30(10-3-1)35-24-26-43-42(29-35)46-41(15-8-16-44(46)53-43)49-51-47(37-22-17-31-11-4-5-13-34(31)27-37)50-48(52-49)38-23-25-40-36(28-38)21-20-33-19-18-32-12-6-7-14-39(32)45(33)40/h1-29H. The molecular formula is C49H29N3O. The fraction of sp³-hybridized carbons (Fsp3) is 0. The van der Waals surface area contributed by atoms with Crippen molar-refractivity contribution in [1.29, 1.82) is 0 Å². The second-order valence-electron chi connectivity index (χ2n) is 13.6. The average molecular weight is 676 g/mol. The average Bonchev–Trinajstić information content (AvgIpc) is 3.61. The molecule has 11 aromatic rings. The first-order chi connectivity index (χ1) is 26.2. The number of benzene rings is 9. The van der Waals surface area contributed by atoms with Gasteiger partial charge in [0, 0.05) is 27.5 Å². The van der Waals surface area contributed by atoms with E-state index in [-0.39, 0.29) is 0 Å². The summed E-state index contributed by atoms with van der Waals surface area (Å²) < 4.78 is 6.43. The minimum absolute atomic E-state index is 0.598. The summed E-state index contributed by atoms with van der Waals surface area (Å²) in [5.41, 5.74) is 6.66. The Labute approximate surface area is 304 Å². The van der Waals surface area contributed by atoms with E-state index in [9.17, 15) is 0 Å². The number of aromatic nitrogens is 3. The van der Waals surface area contributed by atoms with Crippen LogP contribution in [0.2, 0.25) is 0 Å². The van der Waals surface area contributed by atoms with E-state index in [0.717, 1.165) is 60.5 Å². The molecule has 53 heavy (non-hydrogen) atoms. The zero-order valence-electron chi connectivity index (χ0n) is 28.5. The predicted molar refractivity (Wildman–Crippen MR) is 219 cm³/mol. The van der Waals surface area contributed by atoms with Crippen LogP contribution in [0.25, 0.3) is 110 Å². The van der Waals surface area contributed by atoms with Gasteiger partial charge in [-0.05, 0) is 84.5 Å². The summed E-state index contributed by atoms with van der Waals surface area (Å²) in [4.78, 5) is 15.6. The Bertz CT molecular complexity index is 3240. The smallest absolute Gasteiger partial charge is 0.164 e. The Morgan fingerprint density at radius 2 is 0.925 bits per heavy atom. The highest BCUT2D eigenvalue weighted by atomic mass is 16.3. The van der Waals surface area contributed by atoms with Gasteiger partial charge < -0.3 is 4.42 Å². The Hall–Kier alpha value is -7.17. The second-order valence-corrected chi connectivity index (χ2v) is 13.6. The molecule has 0 spiro atoms. The van der Waals surface area contributed by atoms with Crippen molar-refractivity contribution >= 4 is 65.0 Å². The Morgan fingerprint density at radius 3 is 1.77 bits per heavy atom. The highest BCUT2D eigenvalue weighted by Gasteiger charge is 2.19. The summed E-state index contributed by atoms with van der Waals surface area (Å²) in [6.45, 7) is 0. The highest BCUT2D eigenvalue weighted by Crippen LogP contribution is 2.39. The molecule has 0 atom stereocenters. The van der Waals surface area contributed by atoms with Crippen molar-refractivity contribution < 1.29 is 4.42 Å². The van der Waals surface area contributed by atoms with E-state index < -0.39 is 0 Å². The topological polar surface area (TPSA) is 51.8 Å². The molecule has 2 aromatic heterocycles. The highest BCUT2D eigenvalue weighted by molar-refractivity contribution is 6.20. The van der Waals surface area contributed by atoms with Crippen LogP contribution < -0.4 is 0 Å². The van der Waals surface area contributed by atoms with Crippen LogP contribution in [-0.2, 0) is 0 Å². The maximum atomic E-state index is 6.43. The predicted octanol–water partition coefficient (Wildman–Crippen LogP) is 13.1. The summed E-state index contributed by atoms with van der Waals surface area (Å²) in [7, 11) is 0. The van der Waals surface area contributed by atoms with Gasteiger partial charge in [-0.1, -0.05) is 146 Å². The monoisotopic (exact) mass is 675 g/mol. The zero-order valence-corrected chi connectivity index (χ0v) is 28.5. The van der Waals surface area contributed by atoms with Gasteiger partial charge in [0.1, 0.15) is 11.2 Å². The molecule has 0 bridgehead atoms. The van der Waals surface area contributed by atoms with Crippen molar-refractivity contribution in [3.8, 4) is 45.3 Å². The number of nitrogens with zero attached hydrogens (tertiary/aromatic N) is 3. The first kappa shape index (κ1) is 29.5. The van der Waals surface area contributed by atoms with Crippen molar-refractivity contribution in [1.82, 2.24) is 15.0 Å². The van der Waals surface area contributed by atoms with Gasteiger partial charge in [0.15, 0.2) is 17.5 Å². The van der Waals surface area contributed by atoms with Gasteiger partial charge in [-0.15, -0.1) is 0 Å². The van der Waals surface area contributed by atoms with Crippen LogP contribution in [0, 0.1) is 0 Å². The molecular weight excluding hydrogens is 647 g/mol. The summed E-state index contributed by atoms with van der Waals surface area (Å²) in [6.07, 6.45) is 0. The van der Waals surface area contributed by atoms with Crippen LogP contribution in [0.3, 0.4) is 0 Å². The van der Waals surface area contributed by atoms with E-state index in [1.807, 2.05) is 18.2 Å². The lowest BCUT2D eigenvalue weighted by Gasteiger charge is -2.12. The first-order valence-electron chi connectivity index (χ1n) is 17.8. The number of furan rings is 1. The molecule has 4 nitrogen and oxygen atoms in total. The second kappa shape index (κ2) is 11.7. The third kappa shape index (κ3) is 4.88. The summed E-state index contributed by atoms with van der Waals surface area (Å²) >= 11 is 0. The van der Waals surface area contributed by atoms with Gasteiger partial charge in [0.05, 0.1) is 0 Å². The molecule has 0 aliphatic heterocycles. The van der Waals surface area contributed by atoms with E-state index in [2.05, 4.69) is 158 Å². The van der Waals surface area contributed by atoms with Crippen LogP contribution >= 0.6 is 0 Å². The molecule has 9 aromatic carbocycles. The normalized spacial score (nSPS) is 11.8. The lowest BCUT2D eigenvalue weighted by atomic mass is 9.95. The molecule has 0 fully saturated rings. The quantitative estimate of drug-likeness (QED) is 0.174. The zero-order chi connectivity index (χ0) is 34.9. The van der Waals surface area contributed by atoms with Crippen LogP contribution in [0.5, 0.6) is 0 Å². The third-order valence-corrected chi connectivity index (χ3v) is 10.5. The summed E-state index contributed by atoms with van der Waals surface area (Å²) in [5, 5.41) is 11.6. The largest absolute Gasteiger partial charge is 0.456 e. The van der Waals surface area contributed by atoms with Crippen molar-refractivity contribution in [3.63, 3.8) is 0 Å². The molecule has 0 radical (unpaired) electrons. The molecule has 11 rings (SSSR count). The molecule has 0 aliphatic carbocycles. The Balaban J connectivity index is 1.15. The number of fused-ring (bicyclic) bond motifs is 9. The van der Waals surface area contributed by atoms with Crippen LogP contribution in [0.4, 0.5) is 0 Å². The van der Waals surface area contributed by atoms with Crippen LogP contribution in [0.15, 0.2) is 180 Å². The van der Waals surface area contributed by atoms with E-state index in [4.69, 9.17) is 19.4 Å². The number of rotatable bonds is 4. The fourth-order valence-electron chi connectivity index (χ4n) is 7.88. The molecule has 0 amide bonds. The fourth-order valence-corrected chi connectivity index (χ4v) is 7.88. The maximum Gasteiger partial charge on any atom is 0.164 e. The van der Waals surface area contributed by atoms with Crippen molar-refractivity contribution in [3.05, 3.63) is 176 Å². The number of hydrogen-bond acceptors (Lipinski definition) is 4. The van der Waals surface area contributed by atoms with E-state index in [0.29, 0.717) is 17.5 Å². The van der Waals surface area contributed by atoms with Gasteiger partial charge in [-0.2, -0.15) is 0 Å². The maximum absolute atomic E-state index is 6.43. The van der Waals surface area contributed by atoms with Gasteiger partial charge in [0.25, 0.3) is 0 Å². The third-order valence-electron chi connectivity index (χ3n) is 10.5. The van der Waals surface area contributed by atoms with Crippen LogP contribution in [0.1, 0.15) is 0 Å². The molecule has 2 heterocycles. The molecule has 4 heteroatoms. The van der Waals surface area contributed by atoms with Crippen molar-refractivity contribution in [2.24, 2.45) is 0 Å². The van der Waals surface area contributed by atoms with Crippen LogP contribution in [-0.4, -0.2) is 15.0 Å². The van der Waals surface area contributed by atoms with E-state index in [1.54, 1.807) is 0 Å². The van der Waals surface area contributed by atoms with Gasteiger partial charge in [-0.3, -0.25) is 0 Å². The Kier molecular flexibility index (Phi) is 6.52. The van der Waals surface area contributed by atoms with Crippen molar-refractivity contribution in [2.75, 3.05) is 0 Å². The minimum Gasteiger partial charge on any atom is -0.456 e. The lowest BCUT2D eigenvalue weighted by Crippen LogP contribution is -2.00. The van der Waals surface area contributed by atoms with Gasteiger partial charge in [0.2, 0.25) is 0 Å². The van der Waals surface area contributed by atoms with Crippen molar-refractivity contribution in [2.45, 2.75) is 0 Å². The SMILES string of the molecule is c1ccc(-c2ccc3oc4cccc(-c5nc(-c6ccc7ccccc7c6)nc(-c6ccc7c(ccc8ccc9ccccc9c87)c6)n5)c4c3c2)cc1. The number of hydrogen-bond donors (Lipinski definition) is 0.